The van der Waals surface area contributed by atoms with Crippen LogP contribution in [-0.2, 0) is 0 Å². The number of hydrogen-bond donors (Lipinski definition) is 2. The SMILES string of the molecule is N#Cc1cc(Br)c(O)c([C@@H](c2ccc(OC(F)(F)F)cc2)N2CCNCC2)c1. The zero-order valence-corrected chi connectivity index (χ0v) is 16.2. The molecule has 9 heteroatoms. The summed E-state index contributed by atoms with van der Waals surface area (Å²) in [7, 11) is 0. The minimum Gasteiger partial charge on any atom is -0.506 e. The lowest BCUT2D eigenvalue weighted by atomic mass is 9.94. The van der Waals surface area contributed by atoms with Gasteiger partial charge in [-0.3, -0.25) is 4.90 Å². The Labute approximate surface area is 168 Å². The van der Waals surface area contributed by atoms with Gasteiger partial charge < -0.3 is 15.2 Å². The summed E-state index contributed by atoms with van der Waals surface area (Å²) in [4.78, 5) is 2.11. The largest absolute Gasteiger partial charge is 0.573 e. The molecule has 0 spiro atoms. The van der Waals surface area contributed by atoms with Gasteiger partial charge in [-0.2, -0.15) is 5.26 Å². The molecule has 2 aromatic rings. The van der Waals surface area contributed by atoms with Gasteiger partial charge in [-0.1, -0.05) is 12.1 Å². The average molecular weight is 456 g/mol. The minimum atomic E-state index is -4.76. The van der Waals surface area contributed by atoms with E-state index in [4.69, 9.17) is 0 Å². The summed E-state index contributed by atoms with van der Waals surface area (Å²) in [6.07, 6.45) is -4.76. The molecule has 28 heavy (non-hydrogen) atoms. The Balaban J connectivity index is 2.04. The number of phenols is 1. The molecule has 1 aliphatic rings. The molecule has 0 saturated carbocycles. The summed E-state index contributed by atoms with van der Waals surface area (Å²) in [5, 5.41) is 23.1. The first-order valence-corrected chi connectivity index (χ1v) is 9.31. The molecule has 0 aliphatic carbocycles. The van der Waals surface area contributed by atoms with Crippen molar-refractivity contribution in [2.24, 2.45) is 0 Å². The van der Waals surface area contributed by atoms with Crippen molar-refractivity contribution in [1.82, 2.24) is 10.2 Å². The third kappa shape index (κ3) is 4.76. The van der Waals surface area contributed by atoms with Crippen LogP contribution in [-0.4, -0.2) is 42.5 Å². The normalized spacial score (nSPS) is 16.4. The summed E-state index contributed by atoms with van der Waals surface area (Å²) in [5.74, 6) is -0.315. The Hall–Kier alpha value is -2.28. The van der Waals surface area contributed by atoms with Crippen molar-refractivity contribution in [3.63, 3.8) is 0 Å². The van der Waals surface area contributed by atoms with E-state index in [1.165, 1.54) is 18.2 Å². The molecule has 1 saturated heterocycles. The number of piperazine rings is 1. The van der Waals surface area contributed by atoms with E-state index >= 15 is 0 Å². The van der Waals surface area contributed by atoms with Crippen LogP contribution in [0.2, 0.25) is 0 Å². The first-order chi connectivity index (χ1) is 13.3. The van der Waals surface area contributed by atoms with Gasteiger partial charge >= 0.3 is 6.36 Å². The Morgan fingerprint density at radius 2 is 1.82 bits per heavy atom. The van der Waals surface area contributed by atoms with E-state index in [0.717, 1.165) is 13.1 Å². The number of aromatic hydroxyl groups is 1. The second-order valence-corrected chi connectivity index (χ2v) is 7.17. The van der Waals surface area contributed by atoms with Gasteiger partial charge in [-0.15, -0.1) is 13.2 Å². The lowest BCUT2D eigenvalue weighted by molar-refractivity contribution is -0.274. The molecule has 2 N–H and O–H groups in total. The van der Waals surface area contributed by atoms with Gasteiger partial charge in [-0.05, 0) is 45.8 Å². The Morgan fingerprint density at radius 3 is 2.39 bits per heavy atom. The maximum atomic E-state index is 12.4. The molecule has 5 nitrogen and oxygen atoms in total. The lowest BCUT2D eigenvalue weighted by Crippen LogP contribution is -2.45. The molecule has 1 heterocycles. The number of halogens is 4. The zero-order chi connectivity index (χ0) is 20.3. The molecule has 2 aromatic carbocycles. The van der Waals surface area contributed by atoms with Crippen LogP contribution in [0.25, 0.3) is 0 Å². The highest BCUT2D eigenvalue weighted by Crippen LogP contribution is 2.40. The Bertz CT molecular complexity index is 876. The third-order valence-corrected chi connectivity index (χ3v) is 5.07. The number of nitriles is 1. The number of rotatable bonds is 4. The van der Waals surface area contributed by atoms with Crippen LogP contribution in [0, 0.1) is 11.3 Å². The van der Waals surface area contributed by atoms with Gasteiger partial charge in [0, 0.05) is 31.7 Å². The molecule has 148 valence electrons. The predicted octanol–water partition coefficient (Wildman–Crippen LogP) is 3.92. The van der Waals surface area contributed by atoms with Gasteiger partial charge in [0.1, 0.15) is 11.5 Å². The fraction of sp³-hybridized carbons (Fsp3) is 0.316. The van der Waals surface area contributed by atoms with Crippen molar-refractivity contribution >= 4 is 15.9 Å². The highest BCUT2D eigenvalue weighted by molar-refractivity contribution is 9.10. The summed E-state index contributed by atoms with van der Waals surface area (Å²) in [5.41, 5.74) is 1.57. The van der Waals surface area contributed by atoms with Crippen molar-refractivity contribution in [2.45, 2.75) is 12.4 Å². The third-order valence-electron chi connectivity index (χ3n) is 4.46. The number of benzene rings is 2. The molecule has 1 fully saturated rings. The van der Waals surface area contributed by atoms with Crippen LogP contribution in [0.5, 0.6) is 11.5 Å². The first-order valence-electron chi connectivity index (χ1n) is 8.51. The first kappa shape index (κ1) is 20.5. The average Bonchev–Trinajstić information content (AvgIpc) is 2.66. The summed E-state index contributed by atoms with van der Waals surface area (Å²) >= 11 is 3.27. The molecular formula is C19H17BrF3N3O2. The lowest BCUT2D eigenvalue weighted by Gasteiger charge is -2.36. The van der Waals surface area contributed by atoms with Gasteiger partial charge in [0.05, 0.1) is 22.1 Å². The smallest absolute Gasteiger partial charge is 0.506 e. The van der Waals surface area contributed by atoms with Gasteiger partial charge in [0.2, 0.25) is 0 Å². The van der Waals surface area contributed by atoms with E-state index in [1.54, 1.807) is 18.2 Å². The molecule has 1 atom stereocenters. The summed E-state index contributed by atoms with van der Waals surface area (Å²) < 4.78 is 41.6. The Kier molecular flexibility index (Phi) is 6.13. The van der Waals surface area contributed by atoms with Crippen molar-refractivity contribution in [3.05, 3.63) is 57.6 Å². The maximum Gasteiger partial charge on any atom is 0.573 e. The fourth-order valence-electron chi connectivity index (χ4n) is 3.27. The monoisotopic (exact) mass is 455 g/mol. The van der Waals surface area contributed by atoms with Gasteiger partial charge in [0.25, 0.3) is 0 Å². The van der Waals surface area contributed by atoms with Crippen LogP contribution in [0.3, 0.4) is 0 Å². The standard InChI is InChI=1S/C19H17BrF3N3O2/c20-16-10-12(11-24)9-15(18(16)27)17(26-7-5-25-6-8-26)13-1-3-14(4-2-13)28-19(21,22)23/h1-4,9-10,17,25,27H,5-8H2/t17-/m1/s1. The van der Waals surface area contributed by atoms with Crippen LogP contribution < -0.4 is 10.1 Å². The van der Waals surface area contributed by atoms with Gasteiger partial charge in [-0.25, -0.2) is 0 Å². The van der Waals surface area contributed by atoms with Crippen molar-refractivity contribution in [2.75, 3.05) is 26.2 Å². The molecule has 0 radical (unpaired) electrons. The van der Waals surface area contributed by atoms with Crippen molar-refractivity contribution in [1.29, 1.82) is 5.26 Å². The Morgan fingerprint density at radius 1 is 1.18 bits per heavy atom. The van der Waals surface area contributed by atoms with E-state index in [-0.39, 0.29) is 11.5 Å². The zero-order valence-electron chi connectivity index (χ0n) is 14.6. The van der Waals surface area contributed by atoms with Crippen LogP contribution in [0.1, 0.15) is 22.7 Å². The van der Waals surface area contributed by atoms with Crippen molar-refractivity contribution in [3.8, 4) is 17.6 Å². The number of alkyl halides is 3. The topological polar surface area (TPSA) is 68.5 Å². The molecule has 0 unspecified atom stereocenters. The van der Waals surface area contributed by atoms with E-state index in [0.29, 0.717) is 34.3 Å². The number of phenolic OH excluding ortho intramolecular Hbond substituents is 1. The van der Waals surface area contributed by atoms with E-state index in [9.17, 15) is 23.5 Å². The van der Waals surface area contributed by atoms with Crippen LogP contribution >= 0.6 is 15.9 Å². The van der Waals surface area contributed by atoms with E-state index in [1.807, 2.05) is 0 Å². The quantitative estimate of drug-likeness (QED) is 0.731. The molecule has 0 bridgehead atoms. The van der Waals surface area contributed by atoms with Crippen molar-refractivity contribution < 1.29 is 23.0 Å². The summed E-state index contributed by atoms with van der Waals surface area (Å²) in [6.45, 7) is 2.84. The van der Waals surface area contributed by atoms with Crippen LogP contribution in [0.15, 0.2) is 40.9 Å². The summed E-state index contributed by atoms with van der Waals surface area (Å²) in [6, 6.07) is 10.3. The molecule has 0 aromatic heterocycles. The second kappa shape index (κ2) is 8.39. The second-order valence-electron chi connectivity index (χ2n) is 6.31. The molecular weight excluding hydrogens is 439 g/mol. The van der Waals surface area contributed by atoms with E-state index < -0.39 is 12.4 Å². The molecule has 0 amide bonds. The number of nitrogens with one attached hydrogen (secondary N) is 1. The number of hydrogen-bond acceptors (Lipinski definition) is 5. The predicted molar refractivity (Wildman–Crippen MR) is 99.9 cm³/mol. The number of nitrogens with zero attached hydrogens (tertiary/aromatic N) is 2. The fourth-order valence-corrected chi connectivity index (χ4v) is 3.75. The van der Waals surface area contributed by atoms with Crippen LogP contribution in [0.4, 0.5) is 13.2 Å². The highest BCUT2D eigenvalue weighted by Gasteiger charge is 2.32. The minimum absolute atomic E-state index is 0.00171. The molecule has 3 rings (SSSR count). The van der Waals surface area contributed by atoms with E-state index in [2.05, 4.69) is 37.0 Å². The molecule has 1 aliphatic heterocycles. The maximum absolute atomic E-state index is 12.4. The number of ether oxygens (including phenoxy) is 1. The van der Waals surface area contributed by atoms with Gasteiger partial charge in [0.15, 0.2) is 0 Å². The highest BCUT2D eigenvalue weighted by atomic mass is 79.9.